The number of para-hydroxylation sites is 1. The third-order valence-electron chi connectivity index (χ3n) is 2.09. The highest BCUT2D eigenvalue weighted by atomic mass is 32.2. The van der Waals surface area contributed by atoms with Crippen LogP contribution >= 0.6 is 0 Å². The second kappa shape index (κ2) is 3.20. The maximum Gasteiger partial charge on any atom is 0.251 e. The summed E-state index contributed by atoms with van der Waals surface area (Å²) in [5.74, 6) is 0. The molecule has 78 valence electrons. The van der Waals surface area contributed by atoms with E-state index in [-0.39, 0.29) is 0 Å². The molecule has 0 bridgehead atoms. The number of hydrogen-bond acceptors (Lipinski definition) is 3. The molecule has 0 saturated heterocycles. The molecule has 0 fully saturated rings. The van der Waals surface area contributed by atoms with E-state index in [9.17, 15) is 8.42 Å². The van der Waals surface area contributed by atoms with Gasteiger partial charge in [0.25, 0.3) is 10.0 Å². The molecule has 0 saturated carbocycles. The summed E-state index contributed by atoms with van der Waals surface area (Å²) in [6.07, 6.45) is 2.67. The van der Waals surface area contributed by atoms with Crippen LogP contribution in [0.2, 0.25) is 0 Å². The third kappa shape index (κ3) is 1.55. The van der Waals surface area contributed by atoms with Gasteiger partial charge >= 0.3 is 0 Å². The molecule has 5 heteroatoms. The highest BCUT2D eigenvalue weighted by Gasteiger charge is 2.13. The predicted molar refractivity (Wildman–Crippen MR) is 60.1 cm³/mol. The molecule has 4 nitrogen and oxygen atoms in total. The molecule has 2 rings (SSSR count). The lowest BCUT2D eigenvalue weighted by atomic mass is 10.2. The molecule has 0 spiro atoms. The fourth-order valence-electron chi connectivity index (χ4n) is 1.47. The van der Waals surface area contributed by atoms with Crippen LogP contribution in [0.4, 0.5) is 0 Å². The van der Waals surface area contributed by atoms with E-state index in [2.05, 4.69) is 11.7 Å². The normalized spacial score (nSPS) is 11.8. The van der Waals surface area contributed by atoms with E-state index in [4.69, 9.17) is 0 Å². The molecule has 0 atom stereocenters. The largest absolute Gasteiger partial charge is 0.251 e. The van der Waals surface area contributed by atoms with Crippen LogP contribution in [0.3, 0.4) is 0 Å². The van der Waals surface area contributed by atoms with Crippen LogP contribution in [0.1, 0.15) is 5.69 Å². The first-order chi connectivity index (χ1) is 7.04. The van der Waals surface area contributed by atoms with E-state index in [0.29, 0.717) is 11.2 Å². The molecule has 2 aromatic rings. The minimum Gasteiger partial charge on any atom is -0.205 e. The molecule has 0 aliphatic rings. The summed E-state index contributed by atoms with van der Waals surface area (Å²) in [6.45, 7) is 3.61. The molecule has 0 unspecified atom stereocenters. The number of aromatic nitrogens is 2. The van der Waals surface area contributed by atoms with E-state index in [1.54, 1.807) is 18.2 Å². The standard InChI is InChI=1S/C10H10N2O2S/c1-3-9-8-6-4-5-7-10(8)12(11-9)15(2,13)14/h3-7H,1H2,2H3. The van der Waals surface area contributed by atoms with Crippen LogP contribution in [0, 0.1) is 0 Å². The van der Waals surface area contributed by atoms with Gasteiger partial charge in [-0.05, 0) is 12.1 Å². The maximum absolute atomic E-state index is 11.4. The van der Waals surface area contributed by atoms with Crippen LogP contribution in [0.15, 0.2) is 30.8 Å². The SMILES string of the molecule is C=Cc1nn(S(C)(=O)=O)c2ccccc12. The molecule has 1 aromatic carbocycles. The molecule has 0 amide bonds. The lowest BCUT2D eigenvalue weighted by molar-refractivity contribution is 0.588. The number of fused-ring (bicyclic) bond motifs is 1. The minimum absolute atomic E-state index is 0.579. The van der Waals surface area contributed by atoms with Crippen LogP contribution in [-0.2, 0) is 10.0 Å². The molecule has 0 aliphatic carbocycles. The summed E-state index contributed by atoms with van der Waals surface area (Å²) >= 11 is 0. The van der Waals surface area contributed by atoms with E-state index < -0.39 is 10.0 Å². The van der Waals surface area contributed by atoms with Crippen molar-refractivity contribution in [2.45, 2.75) is 0 Å². The van der Waals surface area contributed by atoms with Gasteiger partial charge in [0.15, 0.2) is 0 Å². The zero-order chi connectivity index (χ0) is 11.1. The van der Waals surface area contributed by atoms with Crippen molar-refractivity contribution in [3.8, 4) is 0 Å². The summed E-state index contributed by atoms with van der Waals surface area (Å²) in [6, 6.07) is 7.15. The van der Waals surface area contributed by atoms with Crippen molar-refractivity contribution in [2.24, 2.45) is 0 Å². The van der Waals surface area contributed by atoms with Crippen molar-refractivity contribution in [3.05, 3.63) is 36.5 Å². The Morgan fingerprint density at radius 1 is 1.40 bits per heavy atom. The lowest BCUT2D eigenvalue weighted by Gasteiger charge is -1.97. The monoisotopic (exact) mass is 222 g/mol. The molecule has 0 aliphatic heterocycles. The predicted octanol–water partition coefficient (Wildman–Crippen LogP) is 1.49. The fraction of sp³-hybridized carbons (Fsp3) is 0.100. The zero-order valence-electron chi connectivity index (χ0n) is 8.21. The Morgan fingerprint density at radius 2 is 2.07 bits per heavy atom. The minimum atomic E-state index is -3.36. The van der Waals surface area contributed by atoms with Crippen LogP contribution in [-0.4, -0.2) is 23.9 Å². The molecule has 15 heavy (non-hydrogen) atoms. The fourth-order valence-corrected chi connectivity index (χ4v) is 2.22. The van der Waals surface area contributed by atoms with Crippen molar-refractivity contribution in [1.82, 2.24) is 9.19 Å². The van der Waals surface area contributed by atoms with Crippen LogP contribution in [0.5, 0.6) is 0 Å². The number of hydrogen-bond donors (Lipinski definition) is 0. The van der Waals surface area contributed by atoms with Gasteiger partial charge in [0.2, 0.25) is 0 Å². The quantitative estimate of drug-likeness (QED) is 0.773. The second-order valence-electron chi connectivity index (χ2n) is 3.21. The van der Waals surface area contributed by atoms with Gasteiger partial charge in [-0.25, -0.2) is 8.42 Å². The Kier molecular flexibility index (Phi) is 2.12. The highest BCUT2D eigenvalue weighted by molar-refractivity contribution is 7.89. The Hall–Kier alpha value is -1.62. The van der Waals surface area contributed by atoms with Crippen molar-refractivity contribution in [2.75, 3.05) is 6.26 Å². The van der Waals surface area contributed by atoms with E-state index in [0.717, 1.165) is 15.7 Å². The van der Waals surface area contributed by atoms with Gasteiger partial charge in [-0.2, -0.15) is 9.19 Å². The van der Waals surface area contributed by atoms with Crippen molar-refractivity contribution in [3.63, 3.8) is 0 Å². The lowest BCUT2D eigenvalue weighted by Crippen LogP contribution is -2.11. The number of rotatable bonds is 2. The smallest absolute Gasteiger partial charge is 0.205 e. The highest BCUT2D eigenvalue weighted by Crippen LogP contribution is 2.20. The van der Waals surface area contributed by atoms with E-state index in [1.807, 2.05) is 12.1 Å². The Balaban J connectivity index is 2.94. The Bertz CT molecular complexity index is 626. The number of nitrogens with zero attached hydrogens (tertiary/aromatic N) is 2. The maximum atomic E-state index is 11.4. The first kappa shape index (κ1) is 9.92. The first-order valence-electron chi connectivity index (χ1n) is 4.35. The van der Waals surface area contributed by atoms with E-state index in [1.165, 1.54) is 0 Å². The Morgan fingerprint density at radius 3 is 2.67 bits per heavy atom. The topological polar surface area (TPSA) is 52.0 Å². The second-order valence-corrected chi connectivity index (χ2v) is 5.02. The summed E-state index contributed by atoms with van der Waals surface area (Å²) < 4.78 is 23.9. The third-order valence-corrected chi connectivity index (χ3v) is 3.00. The molecule has 1 heterocycles. The first-order valence-corrected chi connectivity index (χ1v) is 6.19. The van der Waals surface area contributed by atoms with Crippen molar-refractivity contribution < 1.29 is 8.42 Å². The van der Waals surface area contributed by atoms with Gasteiger partial charge in [-0.1, -0.05) is 24.8 Å². The average molecular weight is 222 g/mol. The summed E-state index contributed by atoms with van der Waals surface area (Å²) in [5.41, 5.74) is 1.16. The molecule has 1 aromatic heterocycles. The van der Waals surface area contributed by atoms with Crippen molar-refractivity contribution >= 4 is 27.0 Å². The average Bonchev–Trinajstić information content (AvgIpc) is 2.55. The van der Waals surface area contributed by atoms with Gasteiger partial charge in [-0.3, -0.25) is 0 Å². The molecular formula is C10H10N2O2S. The Labute approximate surface area is 87.9 Å². The summed E-state index contributed by atoms with van der Waals surface area (Å²) in [7, 11) is -3.36. The van der Waals surface area contributed by atoms with Gasteiger partial charge < -0.3 is 0 Å². The van der Waals surface area contributed by atoms with E-state index >= 15 is 0 Å². The zero-order valence-corrected chi connectivity index (χ0v) is 9.03. The van der Waals surface area contributed by atoms with Crippen LogP contribution in [0.25, 0.3) is 17.0 Å². The van der Waals surface area contributed by atoms with Gasteiger partial charge in [0.1, 0.15) is 0 Å². The molecular weight excluding hydrogens is 212 g/mol. The van der Waals surface area contributed by atoms with Crippen molar-refractivity contribution in [1.29, 1.82) is 0 Å². The summed E-state index contributed by atoms with van der Waals surface area (Å²) in [4.78, 5) is 0. The number of benzene rings is 1. The van der Waals surface area contributed by atoms with Gasteiger partial charge in [0.05, 0.1) is 17.5 Å². The van der Waals surface area contributed by atoms with Gasteiger partial charge in [-0.15, -0.1) is 0 Å². The van der Waals surface area contributed by atoms with Crippen LogP contribution < -0.4 is 0 Å². The molecule has 0 N–H and O–H groups in total. The summed E-state index contributed by atoms with van der Waals surface area (Å²) in [5, 5.41) is 4.78. The molecule has 0 radical (unpaired) electrons. The van der Waals surface area contributed by atoms with Gasteiger partial charge in [0, 0.05) is 5.39 Å².